The molecule has 0 unspecified atom stereocenters. The SMILES string of the molecule is CC(C)(C)OC(=O)N1C[C@H]2CC[C@@H]1[C@@H](CO)NC2. The summed E-state index contributed by atoms with van der Waals surface area (Å²) in [6.07, 6.45) is 1.81. The highest BCUT2D eigenvalue weighted by atomic mass is 16.6. The van der Waals surface area contributed by atoms with Gasteiger partial charge in [0.2, 0.25) is 0 Å². The summed E-state index contributed by atoms with van der Waals surface area (Å²) in [6.45, 7) is 7.31. The summed E-state index contributed by atoms with van der Waals surface area (Å²) in [4.78, 5) is 14.0. The number of aliphatic hydroxyl groups excluding tert-OH is 1. The zero-order valence-electron chi connectivity index (χ0n) is 11.5. The zero-order valence-corrected chi connectivity index (χ0v) is 11.5. The number of piperidine rings is 1. The topological polar surface area (TPSA) is 61.8 Å². The smallest absolute Gasteiger partial charge is 0.410 e. The van der Waals surface area contributed by atoms with E-state index in [9.17, 15) is 9.90 Å². The maximum Gasteiger partial charge on any atom is 0.410 e. The van der Waals surface area contributed by atoms with Crippen LogP contribution in [0.15, 0.2) is 0 Å². The number of hydrogen-bond donors (Lipinski definition) is 2. The Morgan fingerprint density at radius 1 is 1.44 bits per heavy atom. The Labute approximate surface area is 108 Å². The van der Waals surface area contributed by atoms with Crippen molar-refractivity contribution in [3.05, 3.63) is 0 Å². The Morgan fingerprint density at radius 3 is 2.78 bits per heavy atom. The van der Waals surface area contributed by atoms with E-state index in [0.717, 1.165) is 25.9 Å². The molecule has 0 saturated carbocycles. The van der Waals surface area contributed by atoms with Gasteiger partial charge in [0.05, 0.1) is 18.7 Å². The minimum absolute atomic E-state index is 0.0231. The van der Waals surface area contributed by atoms with Crippen LogP contribution in [0.1, 0.15) is 33.6 Å². The number of aliphatic hydroxyl groups is 1. The average molecular weight is 256 g/mol. The van der Waals surface area contributed by atoms with Gasteiger partial charge in [-0.05, 0) is 39.5 Å². The van der Waals surface area contributed by atoms with Crippen LogP contribution in [0.2, 0.25) is 0 Å². The van der Waals surface area contributed by atoms with Crippen molar-refractivity contribution in [2.45, 2.75) is 51.3 Å². The van der Waals surface area contributed by atoms with Crippen LogP contribution >= 0.6 is 0 Å². The Bertz CT molecular complexity index is 314. The number of fused-ring (bicyclic) bond motifs is 4. The summed E-state index contributed by atoms with van der Waals surface area (Å²) in [5, 5.41) is 12.8. The van der Waals surface area contributed by atoms with Gasteiger partial charge in [0.1, 0.15) is 5.60 Å². The molecule has 0 radical (unpaired) electrons. The molecule has 0 spiro atoms. The second-order valence-corrected chi connectivity index (χ2v) is 6.34. The lowest BCUT2D eigenvalue weighted by Gasteiger charge is -2.39. The van der Waals surface area contributed by atoms with Crippen LogP contribution in [0.25, 0.3) is 0 Å². The first-order valence-electron chi connectivity index (χ1n) is 6.74. The molecular formula is C13H24N2O3. The lowest BCUT2D eigenvalue weighted by Crippen LogP contribution is -2.54. The first-order valence-corrected chi connectivity index (χ1v) is 6.74. The molecule has 3 saturated heterocycles. The van der Waals surface area contributed by atoms with Gasteiger partial charge in [-0.2, -0.15) is 0 Å². The van der Waals surface area contributed by atoms with Gasteiger partial charge in [-0.1, -0.05) is 0 Å². The fourth-order valence-corrected chi connectivity index (χ4v) is 2.82. The highest BCUT2D eigenvalue weighted by Crippen LogP contribution is 2.28. The number of nitrogens with zero attached hydrogens (tertiary/aromatic N) is 1. The quantitative estimate of drug-likeness (QED) is 0.734. The number of nitrogens with one attached hydrogen (secondary N) is 1. The van der Waals surface area contributed by atoms with Gasteiger partial charge in [-0.15, -0.1) is 0 Å². The van der Waals surface area contributed by atoms with Gasteiger partial charge in [0.25, 0.3) is 0 Å². The molecule has 3 fully saturated rings. The lowest BCUT2D eigenvalue weighted by atomic mass is 9.93. The van der Waals surface area contributed by atoms with Gasteiger partial charge in [0, 0.05) is 13.1 Å². The van der Waals surface area contributed by atoms with Crippen molar-refractivity contribution >= 4 is 6.09 Å². The molecule has 2 N–H and O–H groups in total. The van der Waals surface area contributed by atoms with Gasteiger partial charge in [-0.25, -0.2) is 4.79 Å². The van der Waals surface area contributed by atoms with Crippen molar-refractivity contribution in [1.29, 1.82) is 0 Å². The van der Waals surface area contributed by atoms with E-state index in [1.54, 1.807) is 4.90 Å². The fourth-order valence-electron chi connectivity index (χ4n) is 2.82. The normalized spacial score (nSPS) is 32.2. The van der Waals surface area contributed by atoms with Crippen LogP contribution in [-0.2, 0) is 4.74 Å². The standard InChI is InChI=1S/C13H24N2O3/c1-13(2,3)18-12(17)15-7-9-4-5-11(15)10(8-16)14-6-9/h9-11,14,16H,4-8H2,1-3H3/t9-,10+,11+/m0/s1. The van der Waals surface area contributed by atoms with E-state index >= 15 is 0 Å². The molecule has 3 rings (SSSR count). The number of carbonyl (C=O) groups is 1. The molecule has 3 aliphatic rings. The Morgan fingerprint density at radius 2 is 2.17 bits per heavy atom. The van der Waals surface area contributed by atoms with Crippen LogP contribution in [0.4, 0.5) is 4.79 Å². The summed E-state index contributed by atoms with van der Waals surface area (Å²) >= 11 is 0. The summed E-state index contributed by atoms with van der Waals surface area (Å²) in [7, 11) is 0. The largest absolute Gasteiger partial charge is 0.444 e. The van der Waals surface area contributed by atoms with Crippen molar-refractivity contribution in [3.63, 3.8) is 0 Å². The Balaban J connectivity index is 2.10. The third-order valence-corrected chi connectivity index (χ3v) is 3.68. The second kappa shape index (κ2) is 5.05. The molecule has 5 heteroatoms. The third kappa shape index (κ3) is 2.95. The molecule has 0 aromatic heterocycles. The number of amides is 1. The van der Waals surface area contributed by atoms with E-state index in [1.807, 2.05) is 20.8 Å². The lowest BCUT2D eigenvalue weighted by molar-refractivity contribution is 0.00184. The molecule has 3 atom stereocenters. The average Bonchev–Trinajstić information content (AvgIpc) is 2.57. The number of ether oxygens (including phenoxy) is 1. The molecule has 1 amide bonds. The van der Waals surface area contributed by atoms with Gasteiger partial charge in [-0.3, -0.25) is 0 Å². The molecule has 104 valence electrons. The highest BCUT2D eigenvalue weighted by Gasteiger charge is 2.40. The summed E-state index contributed by atoms with van der Waals surface area (Å²) in [5.74, 6) is 0.477. The first-order chi connectivity index (χ1) is 8.40. The monoisotopic (exact) mass is 256 g/mol. The van der Waals surface area contributed by atoms with E-state index in [0.29, 0.717) is 5.92 Å². The van der Waals surface area contributed by atoms with Crippen molar-refractivity contribution in [2.24, 2.45) is 5.92 Å². The summed E-state index contributed by atoms with van der Waals surface area (Å²) < 4.78 is 5.46. The molecule has 0 aromatic carbocycles. The third-order valence-electron chi connectivity index (χ3n) is 3.68. The van der Waals surface area contributed by atoms with Gasteiger partial charge >= 0.3 is 6.09 Å². The van der Waals surface area contributed by atoms with E-state index in [1.165, 1.54) is 0 Å². The molecule has 5 nitrogen and oxygen atoms in total. The van der Waals surface area contributed by atoms with Crippen molar-refractivity contribution in [2.75, 3.05) is 19.7 Å². The minimum Gasteiger partial charge on any atom is -0.444 e. The first kappa shape index (κ1) is 13.6. The van der Waals surface area contributed by atoms with Crippen molar-refractivity contribution in [3.8, 4) is 0 Å². The highest BCUT2D eigenvalue weighted by molar-refractivity contribution is 5.69. The van der Waals surface area contributed by atoms with Crippen LogP contribution in [0.5, 0.6) is 0 Å². The minimum atomic E-state index is -0.467. The second-order valence-electron chi connectivity index (χ2n) is 6.34. The number of rotatable bonds is 1. The van der Waals surface area contributed by atoms with E-state index in [-0.39, 0.29) is 24.8 Å². The van der Waals surface area contributed by atoms with E-state index < -0.39 is 5.60 Å². The molecule has 18 heavy (non-hydrogen) atoms. The van der Waals surface area contributed by atoms with Crippen molar-refractivity contribution in [1.82, 2.24) is 10.2 Å². The van der Waals surface area contributed by atoms with Gasteiger partial charge < -0.3 is 20.1 Å². The number of hydrogen-bond acceptors (Lipinski definition) is 4. The number of carbonyl (C=O) groups excluding carboxylic acids is 1. The molecule has 3 aliphatic heterocycles. The maximum atomic E-state index is 12.2. The maximum absolute atomic E-state index is 12.2. The van der Waals surface area contributed by atoms with Crippen LogP contribution < -0.4 is 5.32 Å². The zero-order chi connectivity index (χ0) is 13.3. The predicted octanol–water partition coefficient (Wildman–Crippen LogP) is 0.966. The van der Waals surface area contributed by atoms with E-state index in [4.69, 9.17) is 4.74 Å². The molecule has 3 heterocycles. The molecule has 0 aliphatic carbocycles. The fraction of sp³-hybridized carbons (Fsp3) is 0.923. The Kier molecular flexibility index (Phi) is 3.82. The predicted molar refractivity (Wildman–Crippen MR) is 68.3 cm³/mol. The van der Waals surface area contributed by atoms with Crippen LogP contribution in [0.3, 0.4) is 0 Å². The van der Waals surface area contributed by atoms with Gasteiger partial charge in [0.15, 0.2) is 0 Å². The molecular weight excluding hydrogens is 232 g/mol. The molecule has 2 bridgehead atoms. The van der Waals surface area contributed by atoms with Crippen LogP contribution in [-0.4, -0.2) is 53.5 Å². The Hall–Kier alpha value is -0.810. The van der Waals surface area contributed by atoms with Crippen molar-refractivity contribution < 1.29 is 14.6 Å². The van der Waals surface area contributed by atoms with Crippen LogP contribution in [0, 0.1) is 5.92 Å². The molecule has 0 aromatic rings. The summed E-state index contributed by atoms with van der Waals surface area (Å²) in [5.41, 5.74) is -0.467. The van der Waals surface area contributed by atoms with E-state index in [2.05, 4.69) is 5.32 Å². The summed E-state index contributed by atoms with van der Waals surface area (Å²) in [6, 6.07) is 0.0358.